The predicted molar refractivity (Wildman–Crippen MR) is 54.5 cm³/mol. The van der Waals surface area contributed by atoms with Crippen LogP contribution in [0.15, 0.2) is 30.5 Å². The maximum atomic E-state index is 13.0. The van der Waals surface area contributed by atoms with Gasteiger partial charge in [-0.25, -0.2) is 4.39 Å². The quantitative estimate of drug-likeness (QED) is 0.812. The first-order valence-corrected chi connectivity index (χ1v) is 4.60. The van der Waals surface area contributed by atoms with Crippen LogP contribution >= 0.6 is 0 Å². The third kappa shape index (κ3) is 1.76. The van der Waals surface area contributed by atoms with Crippen LogP contribution in [0.2, 0.25) is 0 Å². The van der Waals surface area contributed by atoms with E-state index in [0.717, 1.165) is 11.1 Å². The van der Waals surface area contributed by atoms with Crippen molar-refractivity contribution in [2.45, 2.75) is 6.61 Å². The highest BCUT2D eigenvalue weighted by molar-refractivity contribution is 5.65. The van der Waals surface area contributed by atoms with Crippen LogP contribution in [0.1, 0.15) is 5.69 Å². The molecule has 0 spiro atoms. The van der Waals surface area contributed by atoms with Crippen LogP contribution in [0.25, 0.3) is 11.1 Å². The van der Waals surface area contributed by atoms with Crippen molar-refractivity contribution >= 4 is 0 Å². The molecule has 0 bridgehead atoms. The fraction of sp³-hybridized carbons (Fsp3) is 0.182. The number of aryl methyl sites for hydroxylation is 1. The summed E-state index contributed by atoms with van der Waals surface area (Å²) in [5.41, 5.74) is 2.17. The Kier molecular flexibility index (Phi) is 2.51. The van der Waals surface area contributed by atoms with E-state index in [1.807, 2.05) is 0 Å². The summed E-state index contributed by atoms with van der Waals surface area (Å²) in [6.07, 6.45) is 1.63. The van der Waals surface area contributed by atoms with Crippen molar-refractivity contribution in [3.05, 3.63) is 42.0 Å². The highest BCUT2D eigenvalue weighted by atomic mass is 19.1. The minimum Gasteiger partial charge on any atom is -0.390 e. The van der Waals surface area contributed by atoms with Crippen LogP contribution in [0.4, 0.5) is 4.39 Å². The summed E-state index contributed by atoms with van der Waals surface area (Å²) < 4.78 is 14.6. The zero-order valence-corrected chi connectivity index (χ0v) is 8.31. The van der Waals surface area contributed by atoms with Gasteiger partial charge in [-0.3, -0.25) is 4.68 Å². The van der Waals surface area contributed by atoms with Crippen molar-refractivity contribution in [1.29, 1.82) is 0 Å². The zero-order valence-electron chi connectivity index (χ0n) is 8.31. The van der Waals surface area contributed by atoms with Gasteiger partial charge in [-0.2, -0.15) is 5.10 Å². The first-order valence-electron chi connectivity index (χ1n) is 4.60. The molecular weight excluding hydrogens is 195 g/mol. The normalized spacial score (nSPS) is 10.6. The molecule has 1 N–H and O–H groups in total. The molecule has 0 saturated heterocycles. The fourth-order valence-corrected chi connectivity index (χ4v) is 1.55. The fourth-order valence-electron chi connectivity index (χ4n) is 1.55. The van der Waals surface area contributed by atoms with E-state index in [0.29, 0.717) is 5.69 Å². The molecule has 1 aromatic carbocycles. The molecule has 0 atom stereocenters. The van der Waals surface area contributed by atoms with E-state index in [9.17, 15) is 4.39 Å². The topological polar surface area (TPSA) is 38.0 Å². The Bertz CT molecular complexity index is 479. The number of halogens is 1. The second kappa shape index (κ2) is 3.82. The van der Waals surface area contributed by atoms with Gasteiger partial charge in [0.25, 0.3) is 0 Å². The zero-order chi connectivity index (χ0) is 10.8. The molecule has 2 rings (SSSR count). The summed E-state index contributed by atoms with van der Waals surface area (Å²) in [6.45, 7) is -0.109. The third-order valence-electron chi connectivity index (χ3n) is 2.35. The first kappa shape index (κ1) is 9.86. The lowest BCUT2D eigenvalue weighted by Gasteiger charge is -2.02. The molecule has 0 aliphatic rings. The molecule has 4 heteroatoms. The Morgan fingerprint density at radius 3 is 2.93 bits per heavy atom. The Balaban J connectivity index is 2.54. The highest BCUT2D eigenvalue weighted by Gasteiger charge is 2.09. The number of rotatable bonds is 2. The molecule has 0 saturated carbocycles. The van der Waals surface area contributed by atoms with Gasteiger partial charge in [-0.15, -0.1) is 0 Å². The average Bonchev–Trinajstić information content (AvgIpc) is 2.59. The minimum atomic E-state index is -0.291. The van der Waals surface area contributed by atoms with Gasteiger partial charge in [0, 0.05) is 12.6 Å². The standard InChI is InChI=1S/C11H11FN2O/c1-14-11(7-15)10(6-13-14)8-3-2-4-9(12)5-8/h2-6,15H,7H2,1H3. The van der Waals surface area contributed by atoms with Gasteiger partial charge in [-0.1, -0.05) is 12.1 Å². The van der Waals surface area contributed by atoms with Gasteiger partial charge in [0.05, 0.1) is 18.5 Å². The summed E-state index contributed by atoms with van der Waals surface area (Å²) in [5.74, 6) is -0.291. The SMILES string of the molecule is Cn1ncc(-c2cccc(F)c2)c1CO. The Morgan fingerprint density at radius 2 is 2.27 bits per heavy atom. The maximum Gasteiger partial charge on any atom is 0.123 e. The Morgan fingerprint density at radius 1 is 1.47 bits per heavy atom. The molecule has 0 amide bonds. The van der Waals surface area contributed by atoms with Crippen LogP contribution in [0.3, 0.4) is 0 Å². The summed E-state index contributed by atoms with van der Waals surface area (Å²) in [4.78, 5) is 0. The van der Waals surface area contributed by atoms with E-state index < -0.39 is 0 Å². The van der Waals surface area contributed by atoms with Crippen LogP contribution in [-0.2, 0) is 13.7 Å². The number of aromatic nitrogens is 2. The molecule has 15 heavy (non-hydrogen) atoms. The largest absolute Gasteiger partial charge is 0.390 e. The van der Waals surface area contributed by atoms with Gasteiger partial charge < -0.3 is 5.11 Å². The summed E-state index contributed by atoms with van der Waals surface area (Å²) in [7, 11) is 1.74. The molecule has 0 unspecified atom stereocenters. The lowest BCUT2D eigenvalue weighted by Crippen LogP contribution is -1.98. The van der Waals surface area contributed by atoms with Crippen LogP contribution in [-0.4, -0.2) is 14.9 Å². The molecule has 0 fully saturated rings. The summed E-state index contributed by atoms with van der Waals surface area (Å²) in [5, 5.41) is 13.2. The first-order chi connectivity index (χ1) is 7.22. The average molecular weight is 206 g/mol. The summed E-state index contributed by atoms with van der Waals surface area (Å²) in [6, 6.07) is 6.24. The van der Waals surface area contributed by atoms with Crippen molar-refractivity contribution in [3.63, 3.8) is 0 Å². The van der Waals surface area contributed by atoms with Crippen molar-refractivity contribution in [1.82, 2.24) is 9.78 Å². The van der Waals surface area contributed by atoms with E-state index >= 15 is 0 Å². The van der Waals surface area contributed by atoms with Gasteiger partial charge in [-0.05, 0) is 17.7 Å². The van der Waals surface area contributed by atoms with E-state index in [1.165, 1.54) is 12.1 Å². The number of nitrogens with zero attached hydrogens (tertiary/aromatic N) is 2. The number of hydrogen-bond donors (Lipinski definition) is 1. The number of hydrogen-bond acceptors (Lipinski definition) is 2. The molecule has 2 aromatic rings. The van der Waals surface area contributed by atoms with E-state index in [2.05, 4.69) is 5.10 Å². The summed E-state index contributed by atoms with van der Waals surface area (Å²) >= 11 is 0. The lowest BCUT2D eigenvalue weighted by atomic mass is 10.1. The minimum absolute atomic E-state index is 0.109. The van der Waals surface area contributed by atoms with Crippen LogP contribution in [0, 0.1) is 5.82 Å². The highest BCUT2D eigenvalue weighted by Crippen LogP contribution is 2.23. The number of benzene rings is 1. The van der Waals surface area contributed by atoms with Crippen LogP contribution < -0.4 is 0 Å². The van der Waals surface area contributed by atoms with Gasteiger partial charge in [0.1, 0.15) is 5.82 Å². The molecule has 3 nitrogen and oxygen atoms in total. The molecule has 78 valence electrons. The van der Waals surface area contributed by atoms with Crippen molar-refractivity contribution in [2.75, 3.05) is 0 Å². The van der Waals surface area contributed by atoms with E-state index in [4.69, 9.17) is 5.11 Å². The number of aliphatic hydroxyl groups is 1. The smallest absolute Gasteiger partial charge is 0.123 e. The second-order valence-corrected chi connectivity index (χ2v) is 3.30. The number of aliphatic hydroxyl groups excluding tert-OH is 1. The molecular formula is C11H11FN2O. The monoisotopic (exact) mass is 206 g/mol. The van der Waals surface area contributed by atoms with Crippen molar-refractivity contribution in [2.24, 2.45) is 7.05 Å². The van der Waals surface area contributed by atoms with Gasteiger partial charge in [0.2, 0.25) is 0 Å². The Labute approximate surface area is 86.8 Å². The molecule has 0 aliphatic heterocycles. The second-order valence-electron chi connectivity index (χ2n) is 3.30. The van der Waals surface area contributed by atoms with Gasteiger partial charge >= 0.3 is 0 Å². The van der Waals surface area contributed by atoms with Crippen LogP contribution in [0.5, 0.6) is 0 Å². The molecule has 1 heterocycles. The maximum absolute atomic E-state index is 13.0. The predicted octanol–water partition coefficient (Wildman–Crippen LogP) is 1.72. The van der Waals surface area contributed by atoms with E-state index in [-0.39, 0.29) is 12.4 Å². The third-order valence-corrected chi connectivity index (χ3v) is 2.35. The molecule has 0 aliphatic carbocycles. The molecule has 0 radical (unpaired) electrons. The molecule has 1 aromatic heterocycles. The van der Waals surface area contributed by atoms with Crippen molar-refractivity contribution < 1.29 is 9.50 Å². The Hall–Kier alpha value is -1.68. The lowest BCUT2D eigenvalue weighted by molar-refractivity contribution is 0.271. The van der Waals surface area contributed by atoms with Crippen molar-refractivity contribution in [3.8, 4) is 11.1 Å². The van der Waals surface area contributed by atoms with Gasteiger partial charge in [0.15, 0.2) is 0 Å². The van der Waals surface area contributed by atoms with E-state index in [1.54, 1.807) is 30.1 Å².